The molecule has 0 aliphatic carbocycles. The number of morpholine rings is 1. The van der Waals surface area contributed by atoms with Gasteiger partial charge in [-0.3, -0.25) is 9.69 Å². The zero-order chi connectivity index (χ0) is 14.4. The molecular weight excluding hydrogens is 254 g/mol. The number of rotatable bonds is 5. The van der Waals surface area contributed by atoms with E-state index in [-0.39, 0.29) is 5.91 Å². The first-order chi connectivity index (χ1) is 9.65. The summed E-state index contributed by atoms with van der Waals surface area (Å²) in [5.74, 6) is 0.0481. The van der Waals surface area contributed by atoms with Crippen molar-refractivity contribution in [2.75, 3.05) is 43.9 Å². The van der Waals surface area contributed by atoms with E-state index in [0.717, 1.165) is 50.5 Å². The number of nitrogens with zero attached hydrogens (tertiary/aromatic N) is 1. The minimum atomic E-state index is 0.0481. The van der Waals surface area contributed by atoms with Gasteiger partial charge in [0.1, 0.15) is 0 Å². The number of anilines is 2. The fraction of sp³-hybridized carbons (Fsp3) is 0.533. The third-order valence-corrected chi connectivity index (χ3v) is 3.52. The molecule has 1 amide bonds. The smallest absolute Gasteiger partial charge is 0.224 e. The SMILES string of the molecule is Cc1ccc(N)cc1NC(=O)CCCN1CCOCC1. The average Bonchev–Trinajstić information content (AvgIpc) is 2.44. The minimum Gasteiger partial charge on any atom is -0.399 e. The summed E-state index contributed by atoms with van der Waals surface area (Å²) in [6.07, 6.45) is 1.40. The van der Waals surface area contributed by atoms with Gasteiger partial charge >= 0.3 is 0 Å². The van der Waals surface area contributed by atoms with Gasteiger partial charge in [0.25, 0.3) is 0 Å². The maximum atomic E-state index is 11.9. The highest BCUT2D eigenvalue weighted by molar-refractivity contribution is 5.91. The molecule has 2 rings (SSSR count). The zero-order valence-corrected chi connectivity index (χ0v) is 12.0. The lowest BCUT2D eigenvalue weighted by atomic mass is 10.1. The monoisotopic (exact) mass is 277 g/mol. The van der Waals surface area contributed by atoms with E-state index < -0.39 is 0 Å². The molecule has 1 aliphatic heterocycles. The Kier molecular flexibility index (Phi) is 5.38. The van der Waals surface area contributed by atoms with Gasteiger partial charge in [-0.05, 0) is 37.6 Å². The molecule has 1 fully saturated rings. The van der Waals surface area contributed by atoms with Gasteiger partial charge in [-0.1, -0.05) is 6.07 Å². The van der Waals surface area contributed by atoms with Crippen LogP contribution in [0.15, 0.2) is 18.2 Å². The number of carbonyl (C=O) groups is 1. The van der Waals surface area contributed by atoms with Crippen LogP contribution in [0.25, 0.3) is 0 Å². The molecule has 3 N–H and O–H groups in total. The van der Waals surface area contributed by atoms with Crippen LogP contribution < -0.4 is 11.1 Å². The Morgan fingerprint density at radius 3 is 2.90 bits per heavy atom. The first-order valence-corrected chi connectivity index (χ1v) is 7.11. The lowest BCUT2D eigenvalue weighted by Gasteiger charge is -2.26. The summed E-state index contributed by atoms with van der Waals surface area (Å²) in [5.41, 5.74) is 8.23. The number of ether oxygens (including phenoxy) is 1. The van der Waals surface area contributed by atoms with Crippen LogP contribution >= 0.6 is 0 Å². The van der Waals surface area contributed by atoms with Gasteiger partial charge in [-0.15, -0.1) is 0 Å². The summed E-state index contributed by atoms with van der Waals surface area (Å²) in [4.78, 5) is 14.3. The van der Waals surface area contributed by atoms with E-state index in [2.05, 4.69) is 10.2 Å². The second-order valence-corrected chi connectivity index (χ2v) is 5.18. The number of nitrogens with one attached hydrogen (secondary N) is 1. The van der Waals surface area contributed by atoms with Crippen LogP contribution in [-0.4, -0.2) is 43.7 Å². The van der Waals surface area contributed by atoms with Crippen LogP contribution in [0.3, 0.4) is 0 Å². The lowest BCUT2D eigenvalue weighted by Crippen LogP contribution is -2.37. The molecule has 1 saturated heterocycles. The van der Waals surface area contributed by atoms with Gasteiger partial charge < -0.3 is 15.8 Å². The Balaban J connectivity index is 1.73. The third-order valence-electron chi connectivity index (χ3n) is 3.52. The summed E-state index contributed by atoms with van der Waals surface area (Å²) in [5, 5.41) is 2.93. The maximum absolute atomic E-state index is 11.9. The number of carbonyl (C=O) groups excluding carboxylic acids is 1. The van der Waals surface area contributed by atoms with Gasteiger partial charge in [0.2, 0.25) is 5.91 Å². The van der Waals surface area contributed by atoms with Gasteiger partial charge in [-0.2, -0.15) is 0 Å². The first kappa shape index (κ1) is 14.8. The Morgan fingerprint density at radius 1 is 1.40 bits per heavy atom. The average molecular weight is 277 g/mol. The molecule has 0 radical (unpaired) electrons. The summed E-state index contributed by atoms with van der Waals surface area (Å²) in [6, 6.07) is 5.55. The van der Waals surface area contributed by atoms with E-state index in [0.29, 0.717) is 12.1 Å². The second kappa shape index (κ2) is 7.26. The molecule has 0 aromatic heterocycles. The van der Waals surface area contributed by atoms with Crippen LogP contribution in [0, 0.1) is 6.92 Å². The van der Waals surface area contributed by atoms with Crippen molar-refractivity contribution >= 4 is 17.3 Å². The van der Waals surface area contributed by atoms with Crippen molar-refractivity contribution < 1.29 is 9.53 Å². The minimum absolute atomic E-state index is 0.0481. The maximum Gasteiger partial charge on any atom is 0.224 e. The number of amides is 1. The zero-order valence-electron chi connectivity index (χ0n) is 12.0. The Hall–Kier alpha value is -1.59. The molecule has 1 heterocycles. The Labute approximate surface area is 120 Å². The fourth-order valence-electron chi connectivity index (χ4n) is 2.27. The van der Waals surface area contributed by atoms with E-state index in [1.165, 1.54) is 0 Å². The highest BCUT2D eigenvalue weighted by Crippen LogP contribution is 2.18. The van der Waals surface area contributed by atoms with Gasteiger partial charge in [0.15, 0.2) is 0 Å². The summed E-state index contributed by atoms with van der Waals surface area (Å²) >= 11 is 0. The number of aryl methyl sites for hydroxylation is 1. The van der Waals surface area contributed by atoms with E-state index in [1.54, 1.807) is 6.07 Å². The van der Waals surface area contributed by atoms with Crippen LogP contribution in [0.2, 0.25) is 0 Å². The Bertz CT molecular complexity index is 456. The summed E-state index contributed by atoms with van der Waals surface area (Å²) < 4.78 is 5.30. The van der Waals surface area contributed by atoms with Crippen molar-refractivity contribution in [3.05, 3.63) is 23.8 Å². The first-order valence-electron chi connectivity index (χ1n) is 7.11. The van der Waals surface area contributed by atoms with Crippen molar-refractivity contribution in [2.24, 2.45) is 0 Å². The highest BCUT2D eigenvalue weighted by Gasteiger charge is 2.11. The molecule has 1 aromatic rings. The van der Waals surface area contributed by atoms with Crippen LogP contribution in [0.4, 0.5) is 11.4 Å². The molecule has 110 valence electrons. The number of benzene rings is 1. The fourth-order valence-corrected chi connectivity index (χ4v) is 2.27. The molecule has 20 heavy (non-hydrogen) atoms. The van der Waals surface area contributed by atoms with E-state index >= 15 is 0 Å². The van der Waals surface area contributed by atoms with Crippen LogP contribution in [0.5, 0.6) is 0 Å². The number of hydrogen-bond acceptors (Lipinski definition) is 4. The standard InChI is InChI=1S/C15H23N3O2/c1-12-4-5-13(16)11-14(12)17-15(19)3-2-6-18-7-9-20-10-8-18/h4-5,11H,2-3,6-10,16H2,1H3,(H,17,19). The summed E-state index contributed by atoms with van der Waals surface area (Å²) in [6.45, 7) is 6.45. The molecular formula is C15H23N3O2. The van der Waals surface area contributed by atoms with E-state index in [9.17, 15) is 4.79 Å². The van der Waals surface area contributed by atoms with Gasteiger partial charge in [0, 0.05) is 30.9 Å². The molecule has 5 heteroatoms. The quantitative estimate of drug-likeness (QED) is 0.803. The largest absolute Gasteiger partial charge is 0.399 e. The lowest BCUT2D eigenvalue weighted by molar-refractivity contribution is -0.116. The molecule has 0 bridgehead atoms. The molecule has 0 spiro atoms. The third kappa shape index (κ3) is 4.51. The molecule has 0 saturated carbocycles. The molecule has 1 aromatic carbocycles. The predicted octanol–water partition coefficient (Wildman–Crippen LogP) is 1.63. The van der Waals surface area contributed by atoms with Crippen molar-refractivity contribution in [2.45, 2.75) is 19.8 Å². The van der Waals surface area contributed by atoms with Crippen molar-refractivity contribution in [3.63, 3.8) is 0 Å². The van der Waals surface area contributed by atoms with E-state index in [4.69, 9.17) is 10.5 Å². The van der Waals surface area contributed by atoms with Crippen molar-refractivity contribution in [1.29, 1.82) is 0 Å². The van der Waals surface area contributed by atoms with Crippen molar-refractivity contribution in [1.82, 2.24) is 4.90 Å². The molecule has 1 aliphatic rings. The number of nitrogens with two attached hydrogens (primary N) is 1. The van der Waals surface area contributed by atoms with E-state index in [1.807, 2.05) is 19.1 Å². The van der Waals surface area contributed by atoms with Crippen LogP contribution in [0.1, 0.15) is 18.4 Å². The topological polar surface area (TPSA) is 67.6 Å². The number of nitrogen functional groups attached to an aromatic ring is 1. The highest BCUT2D eigenvalue weighted by atomic mass is 16.5. The normalized spacial score (nSPS) is 16.1. The second-order valence-electron chi connectivity index (χ2n) is 5.18. The predicted molar refractivity (Wildman–Crippen MR) is 80.7 cm³/mol. The molecule has 0 unspecified atom stereocenters. The van der Waals surface area contributed by atoms with Crippen molar-refractivity contribution in [3.8, 4) is 0 Å². The molecule has 5 nitrogen and oxygen atoms in total. The number of hydrogen-bond donors (Lipinski definition) is 2. The Morgan fingerprint density at radius 2 is 2.15 bits per heavy atom. The molecule has 0 atom stereocenters. The van der Waals surface area contributed by atoms with Crippen LogP contribution in [-0.2, 0) is 9.53 Å². The summed E-state index contributed by atoms with van der Waals surface area (Å²) in [7, 11) is 0. The van der Waals surface area contributed by atoms with Gasteiger partial charge in [-0.25, -0.2) is 0 Å². The van der Waals surface area contributed by atoms with Gasteiger partial charge in [0.05, 0.1) is 13.2 Å².